The van der Waals surface area contributed by atoms with Crippen molar-refractivity contribution in [2.45, 2.75) is 26.0 Å². The zero-order valence-corrected chi connectivity index (χ0v) is 11.0. The number of likely N-dealkylation sites (N-methyl/N-ethyl adjacent to an activating group) is 1. The molecule has 2 unspecified atom stereocenters. The topological polar surface area (TPSA) is 30.5 Å². The van der Waals surface area contributed by atoms with Crippen LogP contribution in [0, 0.1) is 0 Å². The largest absolute Gasteiger partial charge is 0.383 e. The minimum Gasteiger partial charge on any atom is -0.383 e. The Hall–Kier alpha value is -0.900. The molecule has 0 amide bonds. The van der Waals surface area contributed by atoms with Crippen LogP contribution in [0.3, 0.4) is 0 Å². The number of ether oxygens (including phenoxy) is 2. The average Bonchev–Trinajstić information content (AvgIpc) is 2.37. The Morgan fingerprint density at radius 2 is 1.88 bits per heavy atom. The van der Waals surface area contributed by atoms with Gasteiger partial charge in [0.2, 0.25) is 0 Å². The van der Waals surface area contributed by atoms with Gasteiger partial charge in [-0.3, -0.25) is 0 Å². The minimum atomic E-state index is 0.0427. The second-order valence-corrected chi connectivity index (χ2v) is 3.91. The predicted molar refractivity (Wildman–Crippen MR) is 70.1 cm³/mol. The second-order valence-electron chi connectivity index (χ2n) is 3.91. The molecule has 0 spiro atoms. The van der Waals surface area contributed by atoms with Crippen LogP contribution in [-0.4, -0.2) is 32.9 Å². The maximum atomic E-state index is 5.85. The van der Waals surface area contributed by atoms with Crippen molar-refractivity contribution in [2.75, 3.05) is 26.9 Å². The van der Waals surface area contributed by atoms with Gasteiger partial charge in [0.05, 0.1) is 18.8 Å². The Balaban J connectivity index is 2.81. The van der Waals surface area contributed by atoms with Crippen molar-refractivity contribution >= 4 is 0 Å². The number of methoxy groups -OCH3 is 1. The third kappa shape index (κ3) is 4.46. The van der Waals surface area contributed by atoms with E-state index in [1.807, 2.05) is 25.1 Å². The third-order valence-corrected chi connectivity index (χ3v) is 2.65. The molecule has 0 saturated heterocycles. The number of hydrogen-bond acceptors (Lipinski definition) is 3. The molecular weight excluding hydrogens is 214 g/mol. The highest BCUT2D eigenvalue weighted by molar-refractivity contribution is 5.19. The normalized spacial score (nSPS) is 14.5. The smallest absolute Gasteiger partial charge is 0.1000 e. The van der Waals surface area contributed by atoms with Gasteiger partial charge in [-0.05, 0) is 19.0 Å². The zero-order chi connectivity index (χ0) is 12.5. The molecule has 1 aromatic rings. The van der Waals surface area contributed by atoms with E-state index >= 15 is 0 Å². The van der Waals surface area contributed by atoms with Gasteiger partial charge in [0.1, 0.15) is 0 Å². The minimum absolute atomic E-state index is 0.0427. The Bertz CT molecular complexity index is 284. The highest BCUT2D eigenvalue weighted by atomic mass is 16.5. The molecule has 1 N–H and O–H groups in total. The second kappa shape index (κ2) is 8.23. The molecular formula is C14H23NO2. The molecule has 0 aliphatic rings. The summed E-state index contributed by atoms with van der Waals surface area (Å²) in [6, 6.07) is 10.5. The first-order chi connectivity index (χ1) is 8.33. The summed E-state index contributed by atoms with van der Waals surface area (Å²) < 4.78 is 11.1. The van der Waals surface area contributed by atoms with Crippen molar-refractivity contribution in [1.82, 2.24) is 5.32 Å². The van der Waals surface area contributed by atoms with Gasteiger partial charge in [-0.25, -0.2) is 0 Å². The van der Waals surface area contributed by atoms with Crippen molar-refractivity contribution in [3.05, 3.63) is 35.9 Å². The van der Waals surface area contributed by atoms with Crippen molar-refractivity contribution in [3.8, 4) is 0 Å². The van der Waals surface area contributed by atoms with Gasteiger partial charge in [-0.2, -0.15) is 0 Å². The maximum Gasteiger partial charge on any atom is 0.1000 e. The summed E-state index contributed by atoms with van der Waals surface area (Å²) in [6.45, 7) is 6.37. The molecule has 17 heavy (non-hydrogen) atoms. The standard InChI is InChI=1S/C14H23NO2/c1-4-15-13(11-16-3)14(17-5-2)12-9-7-6-8-10-12/h6-10,13-15H,4-5,11H2,1-3H3. The lowest BCUT2D eigenvalue weighted by Gasteiger charge is -2.27. The van der Waals surface area contributed by atoms with Gasteiger partial charge in [-0.1, -0.05) is 37.3 Å². The van der Waals surface area contributed by atoms with E-state index in [0.29, 0.717) is 13.2 Å². The third-order valence-electron chi connectivity index (χ3n) is 2.65. The summed E-state index contributed by atoms with van der Waals surface area (Å²) >= 11 is 0. The van der Waals surface area contributed by atoms with E-state index in [1.165, 1.54) is 5.56 Å². The van der Waals surface area contributed by atoms with Crippen LogP contribution in [0.15, 0.2) is 30.3 Å². The van der Waals surface area contributed by atoms with Crippen molar-refractivity contribution in [2.24, 2.45) is 0 Å². The molecule has 0 aromatic heterocycles. The van der Waals surface area contributed by atoms with Crippen LogP contribution in [0.25, 0.3) is 0 Å². The Morgan fingerprint density at radius 3 is 2.41 bits per heavy atom. The number of hydrogen-bond donors (Lipinski definition) is 1. The molecule has 3 nitrogen and oxygen atoms in total. The summed E-state index contributed by atoms with van der Waals surface area (Å²) in [7, 11) is 1.72. The first-order valence-corrected chi connectivity index (χ1v) is 6.22. The van der Waals surface area contributed by atoms with E-state index in [0.717, 1.165) is 6.54 Å². The van der Waals surface area contributed by atoms with Crippen LogP contribution >= 0.6 is 0 Å². The van der Waals surface area contributed by atoms with E-state index in [2.05, 4.69) is 24.4 Å². The quantitative estimate of drug-likeness (QED) is 0.753. The van der Waals surface area contributed by atoms with Gasteiger partial charge >= 0.3 is 0 Å². The van der Waals surface area contributed by atoms with E-state index in [1.54, 1.807) is 7.11 Å². The molecule has 0 radical (unpaired) electrons. The van der Waals surface area contributed by atoms with Crippen molar-refractivity contribution in [1.29, 1.82) is 0 Å². The van der Waals surface area contributed by atoms with Gasteiger partial charge < -0.3 is 14.8 Å². The molecule has 0 aliphatic carbocycles. The predicted octanol–water partition coefficient (Wildman–Crippen LogP) is 2.39. The molecule has 0 aliphatic heterocycles. The fraction of sp³-hybridized carbons (Fsp3) is 0.571. The fourth-order valence-electron chi connectivity index (χ4n) is 1.96. The molecule has 3 heteroatoms. The summed E-state index contributed by atoms with van der Waals surface area (Å²) in [5.41, 5.74) is 1.19. The Morgan fingerprint density at radius 1 is 1.18 bits per heavy atom. The molecule has 0 saturated carbocycles. The first-order valence-electron chi connectivity index (χ1n) is 6.22. The molecule has 1 rings (SSSR count). The number of rotatable bonds is 8. The lowest BCUT2D eigenvalue weighted by atomic mass is 10.0. The molecule has 0 bridgehead atoms. The van der Waals surface area contributed by atoms with E-state index < -0.39 is 0 Å². The van der Waals surface area contributed by atoms with Crippen LogP contribution in [0.2, 0.25) is 0 Å². The molecule has 2 atom stereocenters. The van der Waals surface area contributed by atoms with Crippen LogP contribution in [0.1, 0.15) is 25.5 Å². The van der Waals surface area contributed by atoms with E-state index in [9.17, 15) is 0 Å². The van der Waals surface area contributed by atoms with Gasteiger partial charge in [0.15, 0.2) is 0 Å². The Kier molecular flexibility index (Phi) is 6.86. The summed E-state index contributed by atoms with van der Waals surface area (Å²) in [4.78, 5) is 0. The SMILES string of the molecule is CCNC(COC)C(OCC)c1ccccc1. The zero-order valence-electron chi connectivity index (χ0n) is 11.0. The van der Waals surface area contributed by atoms with Gasteiger partial charge in [0.25, 0.3) is 0 Å². The first kappa shape index (κ1) is 14.2. The summed E-state index contributed by atoms with van der Waals surface area (Å²) in [5, 5.41) is 3.42. The molecule has 96 valence electrons. The summed E-state index contributed by atoms with van der Waals surface area (Å²) in [6.07, 6.45) is 0.0427. The monoisotopic (exact) mass is 237 g/mol. The number of nitrogens with one attached hydrogen (secondary N) is 1. The lowest BCUT2D eigenvalue weighted by Crippen LogP contribution is -2.39. The Labute approximate surface area is 104 Å². The number of benzene rings is 1. The van der Waals surface area contributed by atoms with E-state index in [4.69, 9.17) is 9.47 Å². The van der Waals surface area contributed by atoms with E-state index in [-0.39, 0.29) is 12.1 Å². The van der Waals surface area contributed by atoms with Gasteiger partial charge in [0, 0.05) is 13.7 Å². The summed E-state index contributed by atoms with van der Waals surface area (Å²) in [5.74, 6) is 0. The van der Waals surface area contributed by atoms with Crippen molar-refractivity contribution < 1.29 is 9.47 Å². The molecule has 0 heterocycles. The average molecular weight is 237 g/mol. The highest BCUT2D eigenvalue weighted by Gasteiger charge is 2.22. The highest BCUT2D eigenvalue weighted by Crippen LogP contribution is 2.21. The lowest BCUT2D eigenvalue weighted by molar-refractivity contribution is 0.00859. The molecule has 1 aromatic carbocycles. The maximum absolute atomic E-state index is 5.85. The van der Waals surface area contributed by atoms with Crippen LogP contribution in [0.5, 0.6) is 0 Å². The van der Waals surface area contributed by atoms with Gasteiger partial charge in [-0.15, -0.1) is 0 Å². The van der Waals surface area contributed by atoms with Crippen molar-refractivity contribution in [3.63, 3.8) is 0 Å². The van der Waals surface area contributed by atoms with Crippen LogP contribution < -0.4 is 5.32 Å². The van der Waals surface area contributed by atoms with Crippen LogP contribution in [-0.2, 0) is 9.47 Å². The fourth-order valence-corrected chi connectivity index (χ4v) is 1.96. The van der Waals surface area contributed by atoms with Crippen LogP contribution in [0.4, 0.5) is 0 Å². The molecule has 0 fully saturated rings.